The van der Waals surface area contributed by atoms with E-state index < -0.39 is 22.4 Å². The fourth-order valence-electron chi connectivity index (χ4n) is 3.43. The third kappa shape index (κ3) is 6.17. The quantitative estimate of drug-likeness (QED) is 0.521. The Morgan fingerprint density at radius 3 is 1.78 bits per heavy atom. The van der Waals surface area contributed by atoms with E-state index in [1.165, 1.54) is 0 Å². The molecule has 27 heavy (non-hydrogen) atoms. The van der Waals surface area contributed by atoms with Gasteiger partial charge in [-0.2, -0.15) is 0 Å². The van der Waals surface area contributed by atoms with Crippen molar-refractivity contribution in [3.05, 3.63) is 47.5 Å². The minimum absolute atomic E-state index is 0. The number of hydrogen-bond donors (Lipinski definition) is 1. The number of hydrogen-bond acceptors (Lipinski definition) is 2. The topological polar surface area (TPSA) is 63.4 Å². The number of halogens is 2. The molecule has 0 aliphatic heterocycles. The summed E-state index contributed by atoms with van der Waals surface area (Å²) in [5.41, 5.74) is 6.33. The van der Waals surface area contributed by atoms with Crippen LogP contribution in [0.4, 0.5) is 0 Å². The normalized spacial score (nSPS) is 10.9. The van der Waals surface area contributed by atoms with Crippen molar-refractivity contribution >= 4 is 39.1 Å². The van der Waals surface area contributed by atoms with Crippen LogP contribution in [0.15, 0.2) is 36.4 Å². The van der Waals surface area contributed by atoms with Crippen molar-refractivity contribution in [2.75, 3.05) is 0 Å². The van der Waals surface area contributed by atoms with Crippen LogP contribution in [0.25, 0.3) is 10.8 Å². The fraction of sp³-hybridized carbons (Fsp3) is 0.333. The molecule has 2 amide bonds. The molecule has 2 aromatic carbocycles. The van der Waals surface area contributed by atoms with Crippen molar-refractivity contribution in [1.29, 1.82) is 0 Å². The van der Waals surface area contributed by atoms with Gasteiger partial charge in [-0.1, -0.05) is 69.6 Å². The van der Waals surface area contributed by atoms with Crippen molar-refractivity contribution in [2.24, 2.45) is 5.73 Å². The second-order valence-corrected chi connectivity index (χ2v) is 18.1. The van der Waals surface area contributed by atoms with Crippen molar-refractivity contribution in [1.82, 2.24) is 4.23 Å². The van der Waals surface area contributed by atoms with Crippen LogP contribution < -0.4 is 30.5 Å². The maximum Gasteiger partial charge on any atom is 2.00 e. The first-order valence-corrected chi connectivity index (χ1v) is 15.0. The van der Waals surface area contributed by atoms with E-state index in [4.69, 9.17) is 5.73 Å². The summed E-state index contributed by atoms with van der Waals surface area (Å²) in [7, 11) is -3.84. The minimum atomic E-state index is -1.92. The van der Waals surface area contributed by atoms with Gasteiger partial charge in [0.2, 0.25) is 11.8 Å². The van der Waals surface area contributed by atoms with Crippen LogP contribution >= 0.6 is 0 Å². The second kappa shape index (κ2) is 10.2. The SMILES string of the molecule is C[Si](C)(C)N(C(=O)c1c(C(N)=O)ccc2ccccc12)[Si](C)(C)C.[Cl-].[Cl-].[Ti+2]. The molecule has 0 aromatic heterocycles. The Morgan fingerprint density at radius 1 is 0.852 bits per heavy atom. The van der Waals surface area contributed by atoms with Gasteiger partial charge in [0.25, 0.3) is 0 Å². The van der Waals surface area contributed by atoms with E-state index in [2.05, 4.69) is 43.5 Å². The molecule has 0 saturated heterocycles. The first kappa shape index (κ1) is 28.6. The zero-order chi connectivity index (χ0) is 18.3. The molecule has 0 bridgehead atoms. The first-order chi connectivity index (χ1) is 10.9. The predicted molar refractivity (Wildman–Crippen MR) is 105 cm³/mol. The Bertz CT molecular complexity index is 807. The molecule has 0 aliphatic rings. The number of amides is 2. The predicted octanol–water partition coefficient (Wildman–Crippen LogP) is -1.94. The summed E-state index contributed by atoms with van der Waals surface area (Å²) in [5, 5.41) is 1.73. The smallest absolute Gasteiger partial charge is 1.00 e. The van der Waals surface area contributed by atoms with Crippen LogP contribution in [0.3, 0.4) is 0 Å². The average Bonchev–Trinajstić information content (AvgIpc) is 2.42. The van der Waals surface area contributed by atoms with Crippen LogP contribution in [-0.2, 0) is 21.7 Å². The van der Waals surface area contributed by atoms with Gasteiger partial charge in [-0.05, 0) is 16.8 Å². The third-order valence-corrected chi connectivity index (χ3v) is 11.1. The molecule has 2 aromatic rings. The number of fused-ring (bicyclic) bond motifs is 1. The maximum atomic E-state index is 13.6. The summed E-state index contributed by atoms with van der Waals surface area (Å²) in [6.07, 6.45) is 0. The molecular formula is C18H26Cl2N2O2Si2Ti. The average molecular weight is 477 g/mol. The molecule has 146 valence electrons. The molecule has 0 fully saturated rings. The summed E-state index contributed by atoms with van der Waals surface area (Å²) in [6, 6.07) is 11.2. The van der Waals surface area contributed by atoms with Gasteiger partial charge in [0.1, 0.15) is 16.5 Å². The number of rotatable bonds is 4. The van der Waals surface area contributed by atoms with Crippen LogP contribution in [-0.4, -0.2) is 32.5 Å². The summed E-state index contributed by atoms with van der Waals surface area (Å²) < 4.78 is 2.09. The molecule has 0 radical (unpaired) electrons. The molecular weight excluding hydrogens is 451 g/mol. The Labute approximate surface area is 191 Å². The van der Waals surface area contributed by atoms with Crippen molar-refractivity contribution in [2.45, 2.75) is 39.3 Å². The van der Waals surface area contributed by atoms with Gasteiger partial charge in [0, 0.05) is 0 Å². The third-order valence-electron chi connectivity index (χ3n) is 3.95. The molecule has 9 heteroatoms. The number of carbonyl (C=O) groups excluding carboxylic acids is 2. The van der Waals surface area contributed by atoms with Crippen LogP contribution in [0, 0.1) is 0 Å². The monoisotopic (exact) mass is 476 g/mol. The largest absolute Gasteiger partial charge is 2.00 e. The maximum absolute atomic E-state index is 13.6. The van der Waals surface area contributed by atoms with E-state index in [1.54, 1.807) is 6.07 Å². The van der Waals surface area contributed by atoms with E-state index in [1.807, 2.05) is 30.3 Å². The van der Waals surface area contributed by atoms with Gasteiger partial charge in [0.15, 0.2) is 0 Å². The molecule has 0 saturated carbocycles. The van der Waals surface area contributed by atoms with Crippen LogP contribution in [0.5, 0.6) is 0 Å². The standard InChI is InChI=1S/C18H26N2O2Si2.2ClH.Ti/c1-23(2,3)20(24(4,5)6)18(22)16-14-10-8-7-9-13(14)11-12-15(16)17(19)21;;;/h7-12H,1-6H3,(H2,19,21);2*1H;/q;;;+2/p-2. The molecule has 0 heterocycles. The molecule has 0 aliphatic carbocycles. The van der Waals surface area contributed by atoms with Crippen molar-refractivity contribution in [3.8, 4) is 0 Å². The second-order valence-electron chi connectivity index (χ2n) is 8.06. The molecule has 0 unspecified atom stereocenters. The van der Waals surface area contributed by atoms with E-state index in [-0.39, 0.29) is 52.4 Å². The zero-order valence-electron chi connectivity index (χ0n) is 16.6. The summed E-state index contributed by atoms with van der Waals surface area (Å²) >= 11 is 0. The van der Waals surface area contributed by atoms with Gasteiger partial charge in [-0.25, -0.2) is 0 Å². The summed E-state index contributed by atoms with van der Waals surface area (Å²) in [6.45, 7) is 13.0. The summed E-state index contributed by atoms with van der Waals surface area (Å²) in [5.74, 6) is -0.617. The van der Waals surface area contributed by atoms with E-state index in [9.17, 15) is 9.59 Å². The molecule has 0 atom stereocenters. The summed E-state index contributed by atoms with van der Waals surface area (Å²) in [4.78, 5) is 25.5. The van der Waals surface area contributed by atoms with Crippen LogP contribution in [0.2, 0.25) is 39.3 Å². The first-order valence-electron chi connectivity index (χ1n) is 8.11. The Kier molecular flexibility index (Phi) is 10.8. The van der Waals surface area contributed by atoms with Crippen molar-refractivity contribution < 1.29 is 56.1 Å². The number of primary amides is 1. The Hall–Kier alpha value is -0.632. The van der Waals surface area contributed by atoms with Crippen molar-refractivity contribution in [3.63, 3.8) is 0 Å². The molecule has 4 nitrogen and oxygen atoms in total. The number of carbonyl (C=O) groups is 2. The van der Waals surface area contributed by atoms with Gasteiger partial charge in [0.05, 0.1) is 11.1 Å². The van der Waals surface area contributed by atoms with E-state index >= 15 is 0 Å². The molecule has 0 spiro atoms. The molecule has 2 N–H and O–H groups in total. The number of nitrogens with zero attached hydrogens (tertiary/aromatic N) is 1. The fourth-order valence-corrected chi connectivity index (χ4v) is 12.9. The van der Waals surface area contributed by atoms with E-state index in [0.717, 1.165) is 10.8 Å². The van der Waals surface area contributed by atoms with Gasteiger partial charge >= 0.3 is 21.7 Å². The Morgan fingerprint density at radius 2 is 1.33 bits per heavy atom. The number of nitrogens with two attached hydrogens (primary N) is 1. The number of benzene rings is 2. The minimum Gasteiger partial charge on any atom is -1.00 e. The molecule has 2 rings (SSSR count). The zero-order valence-corrected chi connectivity index (χ0v) is 21.6. The van der Waals surface area contributed by atoms with Crippen LogP contribution in [0.1, 0.15) is 20.7 Å². The van der Waals surface area contributed by atoms with Gasteiger partial charge in [-0.15, -0.1) is 0 Å². The van der Waals surface area contributed by atoms with E-state index in [0.29, 0.717) is 11.1 Å². The Balaban J connectivity index is 0. The van der Waals surface area contributed by atoms with Gasteiger partial charge in [-0.3, -0.25) is 9.59 Å². The van der Waals surface area contributed by atoms with Gasteiger partial charge < -0.3 is 34.8 Å².